The molecule has 0 atom stereocenters. The Morgan fingerprint density at radius 3 is 2.59 bits per heavy atom. The maximum absolute atomic E-state index is 13.2. The molecule has 0 saturated carbocycles. The fourth-order valence-electron chi connectivity index (χ4n) is 3.49. The van der Waals surface area contributed by atoms with E-state index >= 15 is 0 Å². The standard InChI is InChI=1S/C20H23N7OS/c21-18-24-16(25-19(22)26-18)12-29-20-23-15-9-5-4-8-14(15)17(28)27(20)11-10-13-6-2-1-3-7-13/h4-6,8-9H,1-3,7,10-12H2,(H4,21,22,24,25,26). The van der Waals surface area contributed by atoms with E-state index in [9.17, 15) is 4.79 Å². The van der Waals surface area contributed by atoms with Crippen LogP contribution in [0.3, 0.4) is 0 Å². The number of hydrogen-bond donors (Lipinski definition) is 2. The summed E-state index contributed by atoms with van der Waals surface area (Å²) in [6, 6.07) is 7.42. The molecule has 9 heteroatoms. The third-order valence-corrected chi connectivity index (χ3v) is 5.89. The molecule has 1 aromatic carbocycles. The quantitative estimate of drug-likeness (QED) is 0.361. The summed E-state index contributed by atoms with van der Waals surface area (Å²) in [6.07, 6.45) is 7.89. The van der Waals surface area contributed by atoms with Crippen molar-refractivity contribution >= 4 is 34.6 Å². The molecular formula is C20H23N7OS. The van der Waals surface area contributed by atoms with Crippen LogP contribution < -0.4 is 17.0 Å². The fraction of sp³-hybridized carbons (Fsp3) is 0.350. The van der Waals surface area contributed by atoms with Crippen LogP contribution in [-0.4, -0.2) is 24.5 Å². The van der Waals surface area contributed by atoms with E-state index in [2.05, 4.69) is 21.0 Å². The number of aromatic nitrogens is 5. The molecule has 2 heterocycles. The first-order valence-corrected chi connectivity index (χ1v) is 10.6. The van der Waals surface area contributed by atoms with E-state index in [4.69, 9.17) is 16.5 Å². The average molecular weight is 410 g/mol. The lowest BCUT2D eigenvalue weighted by molar-refractivity contribution is 0.569. The molecule has 3 aromatic rings. The summed E-state index contributed by atoms with van der Waals surface area (Å²) in [7, 11) is 0. The van der Waals surface area contributed by atoms with Crippen molar-refractivity contribution in [1.82, 2.24) is 24.5 Å². The van der Waals surface area contributed by atoms with E-state index in [0.717, 1.165) is 19.3 Å². The molecule has 0 radical (unpaired) electrons. The molecule has 150 valence electrons. The van der Waals surface area contributed by atoms with E-state index in [1.54, 1.807) is 4.57 Å². The number of benzene rings is 1. The Morgan fingerprint density at radius 1 is 1.03 bits per heavy atom. The number of fused-ring (bicyclic) bond motifs is 1. The van der Waals surface area contributed by atoms with Gasteiger partial charge in [-0.05, 0) is 44.2 Å². The number of nitrogens with zero attached hydrogens (tertiary/aromatic N) is 5. The van der Waals surface area contributed by atoms with Gasteiger partial charge in [-0.15, -0.1) is 0 Å². The van der Waals surface area contributed by atoms with Gasteiger partial charge in [0, 0.05) is 6.54 Å². The topological polar surface area (TPSA) is 126 Å². The maximum Gasteiger partial charge on any atom is 0.262 e. The highest BCUT2D eigenvalue weighted by molar-refractivity contribution is 7.98. The summed E-state index contributed by atoms with van der Waals surface area (Å²) >= 11 is 1.40. The predicted molar refractivity (Wildman–Crippen MR) is 115 cm³/mol. The first kappa shape index (κ1) is 19.4. The molecule has 0 unspecified atom stereocenters. The summed E-state index contributed by atoms with van der Waals surface area (Å²) < 4.78 is 1.76. The number of allylic oxidation sites excluding steroid dienone is 2. The van der Waals surface area contributed by atoms with E-state index in [1.807, 2.05) is 24.3 Å². The van der Waals surface area contributed by atoms with Crippen LogP contribution in [-0.2, 0) is 12.3 Å². The minimum absolute atomic E-state index is 0.0239. The third kappa shape index (κ3) is 4.56. The molecular weight excluding hydrogens is 386 g/mol. The van der Waals surface area contributed by atoms with Crippen LogP contribution in [0, 0.1) is 0 Å². The monoisotopic (exact) mass is 409 g/mol. The average Bonchev–Trinajstić information content (AvgIpc) is 2.72. The normalized spacial score (nSPS) is 14.1. The van der Waals surface area contributed by atoms with E-state index < -0.39 is 0 Å². The van der Waals surface area contributed by atoms with Crippen molar-refractivity contribution in [2.45, 2.75) is 49.6 Å². The summed E-state index contributed by atoms with van der Waals surface area (Å²) in [5, 5.41) is 1.27. The molecule has 8 nitrogen and oxygen atoms in total. The van der Waals surface area contributed by atoms with Gasteiger partial charge in [-0.3, -0.25) is 9.36 Å². The number of para-hydroxylation sites is 1. The summed E-state index contributed by atoms with van der Waals surface area (Å²) in [4.78, 5) is 29.9. The molecule has 4 rings (SSSR count). The lowest BCUT2D eigenvalue weighted by Gasteiger charge is -2.16. The SMILES string of the molecule is Nc1nc(N)nc(CSc2nc3ccccc3c(=O)n2CCC2=CCCCC2)n1. The first-order valence-electron chi connectivity index (χ1n) is 9.66. The van der Waals surface area contributed by atoms with Crippen molar-refractivity contribution in [3.8, 4) is 0 Å². The maximum atomic E-state index is 13.2. The van der Waals surface area contributed by atoms with Crippen molar-refractivity contribution in [3.05, 3.63) is 52.1 Å². The summed E-state index contributed by atoms with van der Waals surface area (Å²) in [5.41, 5.74) is 13.4. The van der Waals surface area contributed by atoms with E-state index in [0.29, 0.717) is 34.2 Å². The van der Waals surface area contributed by atoms with Gasteiger partial charge in [0.25, 0.3) is 5.56 Å². The number of anilines is 2. The van der Waals surface area contributed by atoms with Gasteiger partial charge in [0.05, 0.1) is 16.7 Å². The van der Waals surface area contributed by atoms with Crippen LogP contribution >= 0.6 is 11.8 Å². The Balaban J connectivity index is 1.64. The Morgan fingerprint density at radius 2 is 1.83 bits per heavy atom. The number of thioether (sulfide) groups is 1. The van der Waals surface area contributed by atoms with Crippen molar-refractivity contribution in [1.29, 1.82) is 0 Å². The molecule has 0 spiro atoms. The Bertz CT molecular complexity index is 1110. The highest BCUT2D eigenvalue weighted by Crippen LogP contribution is 2.24. The van der Waals surface area contributed by atoms with Crippen LogP contribution in [0.25, 0.3) is 10.9 Å². The van der Waals surface area contributed by atoms with Gasteiger partial charge in [0.2, 0.25) is 11.9 Å². The van der Waals surface area contributed by atoms with E-state index in [1.165, 1.54) is 30.2 Å². The highest BCUT2D eigenvalue weighted by atomic mass is 32.2. The molecule has 0 aliphatic heterocycles. The molecule has 0 fully saturated rings. The van der Waals surface area contributed by atoms with Gasteiger partial charge in [-0.1, -0.05) is 35.5 Å². The summed E-state index contributed by atoms with van der Waals surface area (Å²) in [5.74, 6) is 1.02. The van der Waals surface area contributed by atoms with Crippen LogP contribution in [0.5, 0.6) is 0 Å². The molecule has 29 heavy (non-hydrogen) atoms. The molecule has 0 saturated heterocycles. The second-order valence-electron chi connectivity index (χ2n) is 6.98. The Kier molecular flexibility index (Phi) is 5.75. The molecule has 2 aromatic heterocycles. The Labute approximate surface area is 172 Å². The van der Waals surface area contributed by atoms with Gasteiger partial charge in [0.1, 0.15) is 5.82 Å². The molecule has 0 amide bonds. The molecule has 1 aliphatic rings. The first-order chi connectivity index (χ1) is 14.1. The summed E-state index contributed by atoms with van der Waals surface area (Å²) in [6.45, 7) is 0.603. The minimum atomic E-state index is -0.0239. The van der Waals surface area contributed by atoms with Gasteiger partial charge >= 0.3 is 0 Å². The van der Waals surface area contributed by atoms with Gasteiger partial charge in [0.15, 0.2) is 5.16 Å². The third-order valence-electron chi connectivity index (χ3n) is 4.91. The predicted octanol–water partition coefficient (Wildman–Crippen LogP) is 2.93. The van der Waals surface area contributed by atoms with E-state index in [-0.39, 0.29) is 17.5 Å². The number of nitrogen functional groups attached to an aromatic ring is 2. The van der Waals surface area contributed by atoms with Crippen LogP contribution in [0.4, 0.5) is 11.9 Å². The van der Waals surface area contributed by atoms with Crippen LogP contribution in [0.2, 0.25) is 0 Å². The largest absolute Gasteiger partial charge is 0.368 e. The molecule has 0 bridgehead atoms. The van der Waals surface area contributed by atoms with Crippen LogP contribution in [0.1, 0.15) is 37.9 Å². The zero-order valence-corrected chi connectivity index (χ0v) is 16.9. The molecule has 1 aliphatic carbocycles. The van der Waals surface area contributed by atoms with Gasteiger partial charge in [-0.2, -0.15) is 15.0 Å². The number of hydrogen-bond acceptors (Lipinski definition) is 8. The second-order valence-corrected chi connectivity index (χ2v) is 7.93. The van der Waals surface area contributed by atoms with Crippen LogP contribution in [0.15, 0.2) is 45.9 Å². The van der Waals surface area contributed by atoms with Crippen molar-refractivity contribution < 1.29 is 0 Å². The van der Waals surface area contributed by atoms with Crippen molar-refractivity contribution in [2.75, 3.05) is 11.5 Å². The number of nitrogens with two attached hydrogens (primary N) is 2. The van der Waals surface area contributed by atoms with Crippen molar-refractivity contribution in [2.24, 2.45) is 0 Å². The zero-order chi connectivity index (χ0) is 20.2. The lowest BCUT2D eigenvalue weighted by atomic mass is 9.97. The number of rotatable bonds is 6. The smallest absolute Gasteiger partial charge is 0.262 e. The second kappa shape index (κ2) is 8.60. The van der Waals surface area contributed by atoms with Gasteiger partial charge in [-0.25, -0.2) is 4.98 Å². The zero-order valence-electron chi connectivity index (χ0n) is 16.0. The Hall–Kier alpha value is -2.94. The van der Waals surface area contributed by atoms with Gasteiger partial charge < -0.3 is 11.5 Å². The van der Waals surface area contributed by atoms with Crippen molar-refractivity contribution in [3.63, 3.8) is 0 Å². The minimum Gasteiger partial charge on any atom is -0.368 e. The lowest BCUT2D eigenvalue weighted by Crippen LogP contribution is -2.24. The fourth-order valence-corrected chi connectivity index (χ4v) is 4.37. The highest BCUT2D eigenvalue weighted by Gasteiger charge is 2.14. The molecule has 4 N–H and O–H groups in total.